The molecular weight excluding hydrogens is 574 g/mol. The van der Waals surface area contributed by atoms with Crippen LogP contribution in [0.15, 0.2) is 60.7 Å². The second-order valence-electron chi connectivity index (χ2n) is 11.5. The number of allylic oxidation sites excluding steroid dienone is 6. The second-order valence-corrected chi connectivity index (χ2v) is 11.5. The Kier molecular flexibility index (Phi) is 10.0. The standard InChI is InChI=1S/C37H36F6O/c1-3-5-6-7-26-16-17-29(35(41)32(26)38)30-19-18-27(33(39)36(30)42)24-12-8-22(9-13-24)23-10-14-25(15-11-23)28-20-21-31(44-4-2)37(43)34(28)40/h3,5,12,14,16-23H,4,6-11,13,15H2,1-2H3/b5-3+. The van der Waals surface area contributed by atoms with Gasteiger partial charge in [-0.3, -0.25) is 0 Å². The van der Waals surface area contributed by atoms with Crippen molar-refractivity contribution >= 4 is 11.1 Å². The first-order chi connectivity index (χ1) is 21.2. The van der Waals surface area contributed by atoms with Crippen molar-refractivity contribution in [3.05, 3.63) is 112 Å². The van der Waals surface area contributed by atoms with Crippen LogP contribution in [0, 0.1) is 46.7 Å². The molecule has 7 heteroatoms. The van der Waals surface area contributed by atoms with Crippen molar-refractivity contribution in [2.24, 2.45) is 11.8 Å². The minimum atomic E-state index is -1.20. The molecule has 0 aromatic heterocycles. The number of hydrogen-bond donors (Lipinski definition) is 0. The Bertz CT molecular complexity index is 1620. The molecule has 0 N–H and O–H groups in total. The molecule has 232 valence electrons. The minimum Gasteiger partial charge on any atom is -0.491 e. The number of halogens is 6. The van der Waals surface area contributed by atoms with E-state index in [0.717, 1.165) is 24.8 Å². The van der Waals surface area contributed by atoms with Crippen LogP contribution in [0.25, 0.3) is 22.3 Å². The molecule has 2 atom stereocenters. The van der Waals surface area contributed by atoms with Gasteiger partial charge in [-0.25, -0.2) is 22.0 Å². The quantitative estimate of drug-likeness (QED) is 0.173. The second kappa shape index (κ2) is 13.9. The highest BCUT2D eigenvalue weighted by Crippen LogP contribution is 2.43. The van der Waals surface area contributed by atoms with E-state index in [1.54, 1.807) is 13.0 Å². The maximum absolute atomic E-state index is 15.3. The van der Waals surface area contributed by atoms with Crippen molar-refractivity contribution in [1.29, 1.82) is 0 Å². The summed E-state index contributed by atoms with van der Waals surface area (Å²) < 4.78 is 94.4. The molecule has 2 aliphatic rings. The van der Waals surface area contributed by atoms with E-state index >= 15 is 8.78 Å². The summed E-state index contributed by atoms with van der Waals surface area (Å²) in [6, 6.07) is 8.51. The first-order valence-corrected chi connectivity index (χ1v) is 15.3. The van der Waals surface area contributed by atoms with Crippen LogP contribution in [0.5, 0.6) is 5.75 Å². The zero-order chi connectivity index (χ0) is 31.4. The third kappa shape index (κ3) is 6.38. The van der Waals surface area contributed by atoms with Crippen LogP contribution in [-0.2, 0) is 6.42 Å². The highest BCUT2D eigenvalue weighted by atomic mass is 19.2. The molecule has 2 unspecified atom stereocenters. The van der Waals surface area contributed by atoms with E-state index in [1.807, 2.05) is 31.2 Å². The lowest BCUT2D eigenvalue weighted by Gasteiger charge is -2.32. The van der Waals surface area contributed by atoms with Crippen LogP contribution in [0.2, 0.25) is 0 Å². The van der Waals surface area contributed by atoms with Gasteiger partial charge in [-0.05, 0) is 106 Å². The molecule has 0 spiro atoms. The van der Waals surface area contributed by atoms with Crippen molar-refractivity contribution in [3.63, 3.8) is 0 Å². The van der Waals surface area contributed by atoms with Crippen molar-refractivity contribution < 1.29 is 31.1 Å². The fourth-order valence-corrected chi connectivity index (χ4v) is 6.50. The number of ether oxygens (including phenoxy) is 1. The summed E-state index contributed by atoms with van der Waals surface area (Å²) in [6.07, 6.45) is 12.6. The molecule has 0 heterocycles. The molecule has 2 aliphatic carbocycles. The van der Waals surface area contributed by atoms with Gasteiger partial charge in [-0.15, -0.1) is 0 Å². The van der Waals surface area contributed by atoms with E-state index in [0.29, 0.717) is 49.5 Å². The minimum absolute atomic E-state index is 0.0929. The summed E-state index contributed by atoms with van der Waals surface area (Å²) in [5.74, 6) is -5.79. The third-order valence-corrected chi connectivity index (χ3v) is 8.96. The van der Waals surface area contributed by atoms with Crippen molar-refractivity contribution in [1.82, 2.24) is 0 Å². The molecule has 0 saturated heterocycles. The van der Waals surface area contributed by atoms with Crippen molar-refractivity contribution in [3.8, 4) is 16.9 Å². The number of benzene rings is 3. The molecule has 0 saturated carbocycles. The Morgan fingerprint density at radius 2 is 1.16 bits per heavy atom. The fraction of sp³-hybridized carbons (Fsp3) is 0.351. The van der Waals surface area contributed by atoms with Crippen LogP contribution >= 0.6 is 0 Å². The van der Waals surface area contributed by atoms with Gasteiger partial charge >= 0.3 is 0 Å². The number of hydrogen-bond acceptors (Lipinski definition) is 1. The Balaban J connectivity index is 1.27. The maximum atomic E-state index is 15.3. The van der Waals surface area contributed by atoms with Gasteiger partial charge in [0, 0.05) is 22.3 Å². The van der Waals surface area contributed by atoms with E-state index < -0.39 is 34.9 Å². The van der Waals surface area contributed by atoms with Crippen LogP contribution in [-0.4, -0.2) is 6.61 Å². The zero-order valence-electron chi connectivity index (χ0n) is 25.0. The topological polar surface area (TPSA) is 9.23 Å². The summed E-state index contributed by atoms with van der Waals surface area (Å²) in [6.45, 7) is 3.80. The molecule has 1 nitrogen and oxygen atoms in total. The van der Waals surface area contributed by atoms with Crippen molar-refractivity contribution in [2.75, 3.05) is 6.61 Å². The van der Waals surface area contributed by atoms with Gasteiger partial charge in [0.1, 0.15) is 0 Å². The van der Waals surface area contributed by atoms with Gasteiger partial charge < -0.3 is 4.74 Å². The van der Waals surface area contributed by atoms with Crippen molar-refractivity contribution in [2.45, 2.75) is 65.2 Å². The van der Waals surface area contributed by atoms with E-state index in [2.05, 4.69) is 0 Å². The van der Waals surface area contributed by atoms with E-state index in [-0.39, 0.29) is 40.2 Å². The Morgan fingerprint density at radius 3 is 1.70 bits per heavy atom. The predicted molar refractivity (Wildman–Crippen MR) is 163 cm³/mol. The molecule has 3 aromatic carbocycles. The molecule has 5 rings (SSSR count). The number of rotatable bonds is 9. The average Bonchev–Trinajstić information content (AvgIpc) is 3.04. The number of aryl methyl sites for hydroxylation is 1. The third-order valence-electron chi connectivity index (χ3n) is 8.96. The fourth-order valence-electron chi connectivity index (χ4n) is 6.50. The zero-order valence-corrected chi connectivity index (χ0v) is 25.0. The summed E-state index contributed by atoms with van der Waals surface area (Å²) in [4.78, 5) is 0. The molecular formula is C37H36F6O. The van der Waals surface area contributed by atoms with Gasteiger partial charge in [0.25, 0.3) is 0 Å². The lowest BCUT2D eigenvalue weighted by Crippen LogP contribution is -2.19. The van der Waals surface area contributed by atoms with Crippen LogP contribution in [0.3, 0.4) is 0 Å². The highest BCUT2D eigenvalue weighted by molar-refractivity contribution is 5.73. The lowest BCUT2D eigenvalue weighted by molar-refractivity contribution is 0.292. The molecule has 0 amide bonds. The van der Waals surface area contributed by atoms with Crippen LogP contribution in [0.1, 0.15) is 75.5 Å². The Hall–Kier alpha value is -3.74. The molecule has 44 heavy (non-hydrogen) atoms. The summed E-state index contributed by atoms with van der Waals surface area (Å²) in [5.41, 5.74) is 1.43. The van der Waals surface area contributed by atoms with E-state index in [9.17, 15) is 17.6 Å². The van der Waals surface area contributed by atoms with Gasteiger partial charge in [-0.1, -0.05) is 48.6 Å². The van der Waals surface area contributed by atoms with Crippen LogP contribution in [0.4, 0.5) is 26.3 Å². The summed E-state index contributed by atoms with van der Waals surface area (Å²) >= 11 is 0. The van der Waals surface area contributed by atoms with Gasteiger partial charge in [-0.2, -0.15) is 4.39 Å². The Labute approximate surface area is 255 Å². The molecule has 0 aliphatic heterocycles. The molecule has 0 radical (unpaired) electrons. The molecule has 0 bridgehead atoms. The van der Waals surface area contributed by atoms with Gasteiger partial charge in [0.05, 0.1) is 6.61 Å². The smallest absolute Gasteiger partial charge is 0.201 e. The summed E-state index contributed by atoms with van der Waals surface area (Å²) in [7, 11) is 0. The van der Waals surface area contributed by atoms with E-state index in [4.69, 9.17) is 4.74 Å². The first kappa shape index (κ1) is 31.7. The summed E-state index contributed by atoms with van der Waals surface area (Å²) in [5, 5.41) is 0. The monoisotopic (exact) mass is 610 g/mol. The van der Waals surface area contributed by atoms with Crippen LogP contribution < -0.4 is 4.74 Å². The largest absolute Gasteiger partial charge is 0.491 e. The van der Waals surface area contributed by atoms with Gasteiger partial charge in [0.15, 0.2) is 34.8 Å². The van der Waals surface area contributed by atoms with Gasteiger partial charge in [0.2, 0.25) is 5.82 Å². The molecule has 0 fully saturated rings. The molecule has 3 aromatic rings. The average molecular weight is 611 g/mol. The maximum Gasteiger partial charge on any atom is 0.201 e. The SMILES string of the molecule is C/C=C/CCc1ccc(-c2ccc(C3=CCC(C4CC=C(c5ccc(OCC)c(F)c5F)CC4)CC3)c(F)c2F)c(F)c1F. The normalized spacial score (nSPS) is 18.8. The lowest BCUT2D eigenvalue weighted by atomic mass is 9.73. The van der Waals surface area contributed by atoms with E-state index in [1.165, 1.54) is 30.3 Å². The Morgan fingerprint density at radius 1 is 0.659 bits per heavy atom. The predicted octanol–water partition coefficient (Wildman–Crippen LogP) is 11.2. The first-order valence-electron chi connectivity index (χ1n) is 15.3. The highest BCUT2D eigenvalue weighted by Gasteiger charge is 2.29.